The second kappa shape index (κ2) is 7.34. The first-order chi connectivity index (χ1) is 13.8. The number of carbonyl (C=O) groups excluding carboxylic acids is 1. The Morgan fingerprint density at radius 1 is 1.24 bits per heavy atom. The van der Waals surface area contributed by atoms with Gasteiger partial charge in [-0.25, -0.2) is 4.98 Å². The minimum absolute atomic E-state index is 0.186. The molecule has 5 N–H and O–H groups in total. The third-order valence-corrected chi connectivity index (χ3v) is 6.37. The smallest absolute Gasteiger partial charge is 0.291 e. The number of nitrogen functional groups attached to an aromatic ring is 1. The molecule has 6 heteroatoms. The van der Waals surface area contributed by atoms with Crippen LogP contribution < -0.4 is 11.1 Å². The van der Waals surface area contributed by atoms with Crippen molar-refractivity contribution >= 4 is 23.0 Å². The molecule has 1 fully saturated rings. The van der Waals surface area contributed by atoms with Crippen LogP contribution in [0.5, 0.6) is 0 Å². The molecule has 0 aliphatic heterocycles. The van der Waals surface area contributed by atoms with Crippen molar-refractivity contribution in [3.8, 4) is 0 Å². The Morgan fingerprint density at radius 3 is 2.62 bits per heavy atom. The van der Waals surface area contributed by atoms with Gasteiger partial charge < -0.3 is 21.1 Å². The van der Waals surface area contributed by atoms with E-state index in [-0.39, 0.29) is 17.5 Å². The third-order valence-electron chi connectivity index (χ3n) is 6.37. The number of allylic oxidation sites excluding steroid dienone is 2. The molecule has 2 aliphatic carbocycles. The molecule has 1 heterocycles. The normalized spacial score (nSPS) is 20.3. The first kappa shape index (κ1) is 19.7. The average molecular weight is 395 g/mol. The number of carbonyl (C=O) groups is 1. The standard InChI is InChI=1S/C23H30N4O2/c1-22(2)11-7-15(8-12-22)17-13-16(23(29)9-3-4-10-23)5-6-18(17)26-21(28)20-25-14-19(24)27-20/h5-7,13-14,29H,3-4,8-12,24H2,1-2H3,(H,25,27)(H,26,28). The van der Waals surface area contributed by atoms with Crippen LogP contribution in [0.3, 0.4) is 0 Å². The highest BCUT2D eigenvalue weighted by molar-refractivity contribution is 6.03. The first-order valence-corrected chi connectivity index (χ1v) is 10.4. The molecule has 2 aromatic rings. The summed E-state index contributed by atoms with van der Waals surface area (Å²) in [6.07, 6.45) is 10.5. The fraction of sp³-hybridized carbons (Fsp3) is 0.478. The van der Waals surface area contributed by atoms with Gasteiger partial charge in [0.15, 0.2) is 5.82 Å². The molecular formula is C23H30N4O2. The molecule has 0 atom stereocenters. The highest BCUT2D eigenvalue weighted by Gasteiger charge is 2.34. The lowest BCUT2D eigenvalue weighted by molar-refractivity contribution is 0.0445. The molecule has 6 nitrogen and oxygen atoms in total. The summed E-state index contributed by atoms with van der Waals surface area (Å²) in [5, 5.41) is 14.1. The summed E-state index contributed by atoms with van der Waals surface area (Å²) >= 11 is 0. The van der Waals surface area contributed by atoms with Gasteiger partial charge in [0.25, 0.3) is 5.91 Å². The number of imidazole rings is 1. The molecular weight excluding hydrogens is 364 g/mol. The number of aliphatic hydroxyl groups is 1. The van der Waals surface area contributed by atoms with E-state index < -0.39 is 5.60 Å². The van der Waals surface area contributed by atoms with Gasteiger partial charge >= 0.3 is 0 Å². The summed E-state index contributed by atoms with van der Waals surface area (Å²) in [6.45, 7) is 4.56. The van der Waals surface area contributed by atoms with Crippen LogP contribution in [-0.2, 0) is 5.60 Å². The van der Waals surface area contributed by atoms with Crippen molar-refractivity contribution in [3.05, 3.63) is 47.4 Å². The monoisotopic (exact) mass is 394 g/mol. The molecule has 0 bridgehead atoms. The van der Waals surface area contributed by atoms with Crippen molar-refractivity contribution in [2.45, 2.75) is 64.4 Å². The zero-order chi connectivity index (χ0) is 20.6. The van der Waals surface area contributed by atoms with E-state index >= 15 is 0 Å². The van der Waals surface area contributed by atoms with E-state index in [2.05, 4.69) is 41.3 Å². The van der Waals surface area contributed by atoms with Crippen LogP contribution in [0.4, 0.5) is 11.5 Å². The summed E-state index contributed by atoms with van der Waals surface area (Å²) in [4.78, 5) is 19.5. The van der Waals surface area contributed by atoms with E-state index in [0.29, 0.717) is 5.41 Å². The van der Waals surface area contributed by atoms with Gasteiger partial charge in [-0.1, -0.05) is 38.8 Å². The average Bonchev–Trinajstić information content (AvgIpc) is 3.31. The Labute approximate surface area is 171 Å². The maximum absolute atomic E-state index is 12.6. The zero-order valence-electron chi connectivity index (χ0n) is 17.2. The van der Waals surface area contributed by atoms with Gasteiger partial charge in [0.2, 0.25) is 0 Å². The number of hydrogen-bond acceptors (Lipinski definition) is 4. The van der Waals surface area contributed by atoms with Crippen LogP contribution >= 0.6 is 0 Å². The topological polar surface area (TPSA) is 104 Å². The quantitative estimate of drug-likeness (QED) is 0.608. The molecule has 29 heavy (non-hydrogen) atoms. The number of nitrogens with two attached hydrogens (primary N) is 1. The maximum Gasteiger partial charge on any atom is 0.291 e. The molecule has 0 radical (unpaired) electrons. The van der Waals surface area contributed by atoms with Gasteiger partial charge in [-0.05, 0) is 60.8 Å². The summed E-state index contributed by atoms with van der Waals surface area (Å²) in [6, 6.07) is 5.92. The van der Waals surface area contributed by atoms with Crippen molar-refractivity contribution in [1.29, 1.82) is 0 Å². The number of aromatic amines is 1. The summed E-state index contributed by atoms with van der Waals surface area (Å²) in [7, 11) is 0. The number of H-pyrrole nitrogens is 1. The lowest BCUT2D eigenvalue weighted by Gasteiger charge is -2.30. The van der Waals surface area contributed by atoms with E-state index in [0.717, 1.165) is 61.8 Å². The summed E-state index contributed by atoms with van der Waals surface area (Å²) < 4.78 is 0. The second-order valence-electron chi connectivity index (χ2n) is 9.22. The van der Waals surface area contributed by atoms with Crippen molar-refractivity contribution in [3.63, 3.8) is 0 Å². The molecule has 1 aromatic carbocycles. The molecule has 1 aromatic heterocycles. The fourth-order valence-electron chi connectivity index (χ4n) is 4.41. The van der Waals surface area contributed by atoms with E-state index in [9.17, 15) is 9.90 Å². The van der Waals surface area contributed by atoms with Gasteiger partial charge in [0, 0.05) is 17.4 Å². The number of benzene rings is 1. The third kappa shape index (κ3) is 4.08. The predicted molar refractivity (Wildman–Crippen MR) is 115 cm³/mol. The first-order valence-electron chi connectivity index (χ1n) is 10.4. The maximum atomic E-state index is 12.6. The number of hydrogen-bond donors (Lipinski definition) is 4. The minimum Gasteiger partial charge on any atom is -0.385 e. The molecule has 1 amide bonds. The Kier molecular flexibility index (Phi) is 4.99. The van der Waals surface area contributed by atoms with E-state index in [1.807, 2.05) is 12.1 Å². The van der Waals surface area contributed by atoms with E-state index in [4.69, 9.17) is 5.73 Å². The van der Waals surface area contributed by atoms with E-state index in [1.54, 1.807) is 0 Å². The highest BCUT2D eigenvalue weighted by atomic mass is 16.3. The molecule has 1 saturated carbocycles. The second-order valence-corrected chi connectivity index (χ2v) is 9.22. The van der Waals surface area contributed by atoms with Gasteiger partial charge in [0.05, 0.1) is 5.60 Å². The number of rotatable bonds is 4. The summed E-state index contributed by atoms with van der Waals surface area (Å²) in [5.74, 6) is 0.143. The number of aromatic nitrogens is 2. The van der Waals surface area contributed by atoms with Gasteiger partial charge in [-0.2, -0.15) is 0 Å². The minimum atomic E-state index is -0.763. The van der Waals surface area contributed by atoms with Crippen LogP contribution in [0.1, 0.15) is 80.5 Å². The van der Waals surface area contributed by atoms with Crippen molar-refractivity contribution in [2.75, 3.05) is 11.1 Å². The molecule has 0 spiro atoms. The number of amides is 1. The molecule has 2 aliphatic rings. The predicted octanol–water partition coefficient (Wildman–Crippen LogP) is 4.60. The Bertz CT molecular complexity index is 952. The zero-order valence-corrected chi connectivity index (χ0v) is 17.2. The summed E-state index contributed by atoms with van der Waals surface area (Å²) in [5.41, 5.74) is 9.05. The molecule has 154 valence electrons. The number of nitrogens with zero attached hydrogens (tertiary/aromatic N) is 1. The lowest BCUT2D eigenvalue weighted by Crippen LogP contribution is -2.22. The SMILES string of the molecule is CC1(C)CC=C(c2cc(C3(O)CCCC3)ccc2NC(=O)c2nc(N)c[nH]2)CC1. The van der Waals surface area contributed by atoms with Crippen LogP contribution in [0, 0.1) is 5.41 Å². The van der Waals surface area contributed by atoms with Crippen LogP contribution in [0.2, 0.25) is 0 Å². The van der Waals surface area contributed by atoms with Crippen LogP contribution in [-0.4, -0.2) is 21.0 Å². The van der Waals surface area contributed by atoms with Gasteiger partial charge in [-0.15, -0.1) is 0 Å². The fourth-order valence-corrected chi connectivity index (χ4v) is 4.41. The number of anilines is 2. The van der Waals surface area contributed by atoms with Gasteiger partial charge in [0.1, 0.15) is 5.82 Å². The largest absolute Gasteiger partial charge is 0.385 e. The lowest BCUT2D eigenvalue weighted by atomic mass is 9.76. The Hall–Kier alpha value is -2.60. The van der Waals surface area contributed by atoms with Crippen LogP contribution in [0.15, 0.2) is 30.5 Å². The van der Waals surface area contributed by atoms with Crippen molar-refractivity contribution < 1.29 is 9.90 Å². The molecule has 0 unspecified atom stereocenters. The molecule has 4 rings (SSSR count). The Morgan fingerprint density at radius 2 is 2.00 bits per heavy atom. The highest BCUT2D eigenvalue weighted by Crippen LogP contribution is 2.43. The van der Waals surface area contributed by atoms with Gasteiger partial charge in [-0.3, -0.25) is 4.79 Å². The number of nitrogens with one attached hydrogen (secondary N) is 2. The molecule has 0 saturated heterocycles. The van der Waals surface area contributed by atoms with E-state index in [1.165, 1.54) is 11.8 Å². The van der Waals surface area contributed by atoms with Crippen molar-refractivity contribution in [1.82, 2.24) is 9.97 Å². The van der Waals surface area contributed by atoms with Crippen molar-refractivity contribution in [2.24, 2.45) is 5.41 Å². The Balaban J connectivity index is 1.70. The van der Waals surface area contributed by atoms with Crippen LogP contribution in [0.25, 0.3) is 5.57 Å².